The van der Waals surface area contributed by atoms with Gasteiger partial charge in [-0.3, -0.25) is 0 Å². The van der Waals surface area contributed by atoms with E-state index in [0.717, 1.165) is 6.07 Å². The Kier molecular flexibility index (Phi) is 5.36. The number of nitrogens with two attached hydrogens (primary N) is 1. The summed E-state index contributed by atoms with van der Waals surface area (Å²) in [6, 6.07) is 9.65. The molecule has 0 spiro atoms. The summed E-state index contributed by atoms with van der Waals surface area (Å²) in [5, 5.41) is 11.2. The fourth-order valence-electron chi connectivity index (χ4n) is 2.47. The monoisotopic (exact) mass is 348 g/mol. The molecule has 1 amide bonds. The Morgan fingerprint density at radius 2 is 1.88 bits per heavy atom. The van der Waals surface area contributed by atoms with Crippen molar-refractivity contribution < 1.29 is 23.8 Å². The topological polar surface area (TPSA) is 93.8 Å². The fourth-order valence-corrected chi connectivity index (χ4v) is 2.47. The molecule has 0 aliphatic rings. The SMILES string of the molecule is COc1ccccc1Oc1cc(CC(C)(C)NC(=O)O)c(F)cc1N. The highest BCUT2D eigenvalue weighted by molar-refractivity contribution is 5.65. The summed E-state index contributed by atoms with van der Waals surface area (Å²) in [6.07, 6.45) is -1.04. The fraction of sp³-hybridized carbons (Fsp3) is 0.278. The number of methoxy groups -OCH3 is 1. The van der Waals surface area contributed by atoms with Gasteiger partial charge in [0.05, 0.1) is 12.8 Å². The van der Waals surface area contributed by atoms with Crippen LogP contribution in [0.15, 0.2) is 36.4 Å². The minimum atomic E-state index is -1.17. The Hall–Kier alpha value is -2.96. The molecule has 134 valence electrons. The Morgan fingerprint density at radius 3 is 2.48 bits per heavy atom. The maximum Gasteiger partial charge on any atom is 0.405 e. The summed E-state index contributed by atoms with van der Waals surface area (Å²) >= 11 is 0. The lowest BCUT2D eigenvalue weighted by molar-refractivity contribution is 0.182. The second-order valence-corrected chi connectivity index (χ2v) is 6.23. The third kappa shape index (κ3) is 4.76. The maximum absolute atomic E-state index is 14.2. The number of amides is 1. The van der Waals surface area contributed by atoms with Crippen LogP contribution >= 0.6 is 0 Å². The second kappa shape index (κ2) is 7.29. The molecule has 0 aromatic heterocycles. The Labute approximate surface area is 145 Å². The zero-order valence-electron chi connectivity index (χ0n) is 14.3. The van der Waals surface area contributed by atoms with Crippen LogP contribution in [-0.2, 0) is 6.42 Å². The summed E-state index contributed by atoms with van der Waals surface area (Å²) in [7, 11) is 1.52. The van der Waals surface area contributed by atoms with Crippen LogP contribution < -0.4 is 20.5 Å². The molecule has 2 rings (SSSR count). The quantitative estimate of drug-likeness (QED) is 0.691. The van der Waals surface area contributed by atoms with Crippen LogP contribution in [0.1, 0.15) is 19.4 Å². The van der Waals surface area contributed by atoms with E-state index in [-0.39, 0.29) is 23.4 Å². The van der Waals surface area contributed by atoms with E-state index in [1.807, 2.05) is 0 Å². The Balaban J connectivity index is 2.33. The smallest absolute Gasteiger partial charge is 0.405 e. The van der Waals surface area contributed by atoms with Gasteiger partial charge in [-0.1, -0.05) is 12.1 Å². The highest BCUT2D eigenvalue weighted by Crippen LogP contribution is 2.35. The number of nitrogen functional groups attached to an aromatic ring is 1. The van der Waals surface area contributed by atoms with E-state index >= 15 is 0 Å². The minimum absolute atomic E-state index is 0.133. The maximum atomic E-state index is 14.2. The molecule has 0 aliphatic carbocycles. The van der Waals surface area contributed by atoms with Gasteiger partial charge in [0.1, 0.15) is 5.82 Å². The molecular weight excluding hydrogens is 327 g/mol. The number of hydrogen-bond donors (Lipinski definition) is 3. The van der Waals surface area contributed by atoms with Gasteiger partial charge in [0, 0.05) is 11.6 Å². The van der Waals surface area contributed by atoms with E-state index in [0.29, 0.717) is 11.5 Å². The van der Waals surface area contributed by atoms with Gasteiger partial charge in [0.15, 0.2) is 17.2 Å². The Morgan fingerprint density at radius 1 is 1.24 bits per heavy atom. The van der Waals surface area contributed by atoms with Crippen molar-refractivity contribution >= 4 is 11.8 Å². The molecule has 2 aromatic rings. The molecule has 0 heterocycles. The molecule has 2 aromatic carbocycles. The molecule has 0 saturated heterocycles. The molecular formula is C18H21FN2O4. The summed E-state index contributed by atoms with van der Waals surface area (Å²) in [4.78, 5) is 10.9. The van der Waals surface area contributed by atoms with Crippen molar-refractivity contribution in [1.82, 2.24) is 5.32 Å². The summed E-state index contributed by atoms with van der Waals surface area (Å²) in [5.41, 5.74) is 5.43. The second-order valence-electron chi connectivity index (χ2n) is 6.23. The van der Waals surface area contributed by atoms with E-state index in [4.69, 9.17) is 20.3 Å². The van der Waals surface area contributed by atoms with Gasteiger partial charge in [-0.05, 0) is 44.0 Å². The van der Waals surface area contributed by atoms with Crippen LogP contribution in [0.2, 0.25) is 0 Å². The predicted molar refractivity (Wildman–Crippen MR) is 92.8 cm³/mol. The number of carboxylic acid groups (broad SMARTS) is 1. The molecule has 0 unspecified atom stereocenters. The molecule has 0 atom stereocenters. The molecule has 0 saturated carbocycles. The number of benzene rings is 2. The number of ether oxygens (including phenoxy) is 2. The number of rotatable bonds is 6. The van der Waals surface area contributed by atoms with Crippen molar-refractivity contribution in [2.75, 3.05) is 12.8 Å². The van der Waals surface area contributed by atoms with E-state index in [1.165, 1.54) is 13.2 Å². The third-order valence-electron chi connectivity index (χ3n) is 3.55. The van der Waals surface area contributed by atoms with E-state index in [1.54, 1.807) is 38.1 Å². The van der Waals surface area contributed by atoms with E-state index in [2.05, 4.69) is 5.32 Å². The highest BCUT2D eigenvalue weighted by atomic mass is 19.1. The number of para-hydroxylation sites is 2. The first-order chi connectivity index (χ1) is 11.7. The molecule has 6 nitrogen and oxygen atoms in total. The molecule has 0 bridgehead atoms. The lowest BCUT2D eigenvalue weighted by atomic mass is 9.94. The van der Waals surface area contributed by atoms with Crippen LogP contribution in [-0.4, -0.2) is 23.8 Å². The zero-order valence-corrected chi connectivity index (χ0v) is 14.3. The summed E-state index contributed by atoms with van der Waals surface area (Å²) in [6.45, 7) is 3.33. The molecule has 0 aliphatic heterocycles. The lowest BCUT2D eigenvalue weighted by Gasteiger charge is -2.25. The normalized spacial score (nSPS) is 11.0. The molecule has 4 N–H and O–H groups in total. The average molecular weight is 348 g/mol. The van der Waals surface area contributed by atoms with Gasteiger partial charge in [0.25, 0.3) is 0 Å². The van der Waals surface area contributed by atoms with Crippen molar-refractivity contribution in [3.8, 4) is 17.2 Å². The predicted octanol–water partition coefficient (Wildman–Crippen LogP) is 3.80. The van der Waals surface area contributed by atoms with Gasteiger partial charge >= 0.3 is 6.09 Å². The zero-order chi connectivity index (χ0) is 18.6. The van der Waals surface area contributed by atoms with Crippen LogP contribution in [0.5, 0.6) is 17.2 Å². The first-order valence-electron chi connectivity index (χ1n) is 7.62. The third-order valence-corrected chi connectivity index (χ3v) is 3.55. The minimum Gasteiger partial charge on any atom is -0.493 e. The van der Waals surface area contributed by atoms with Gasteiger partial charge in [-0.25, -0.2) is 9.18 Å². The molecule has 7 heteroatoms. The number of anilines is 1. The van der Waals surface area contributed by atoms with Crippen molar-refractivity contribution in [3.05, 3.63) is 47.8 Å². The van der Waals surface area contributed by atoms with Crippen molar-refractivity contribution in [3.63, 3.8) is 0 Å². The van der Waals surface area contributed by atoms with E-state index < -0.39 is 17.4 Å². The lowest BCUT2D eigenvalue weighted by Crippen LogP contribution is -2.44. The van der Waals surface area contributed by atoms with Crippen molar-refractivity contribution in [2.45, 2.75) is 25.8 Å². The molecule has 0 fully saturated rings. The summed E-state index contributed by atoms with van der Waals surface area (Å²) < 4.78 is 25.2. The first kappa shape index (κ1) is 18.4. The van der Waals surface area contributed by atoms with Crippen LogP contribution in [0.4, 0.5) is 14.9 Å². The standard InChI is InChI=1S/C18H21FN2O4/c1-18(2,21-17(22)23)10-11-8-16(13(20)9-12(11)19)25-15-7-5-4-6-14(15)24-3/h4-9,21H,10,20H2,1-3H3,(H,22,23). The largest absolute Gasteiger partial charge is 0.493 e. The first-order valence-corrected chi connectivity index (χ1v) is 7.62. The van der Waals surface area contributed by atoms with Gasteiger partial charge < -0.3 is 25.6 Å². The van der Waals surface area contributed by atoms with Crippen LogP contribution in [0.3, 0.4) is 0 Å². The number of hydrogen-bond acceptors (Lipinski definition) is 4. The van der Waals surface area contributed by atoms with Gasteiger partial charge in [-0.2, -0.15) is 0 Å². The molecule has 25 heavy (non-hydrogen) atoms. The van der Waals surface area contributed by atoms with E-state index in [9.17, 15) is 9.18 Å². The molecule has 0 radical (unpaired) electrons. The highest BCUT2D eigenvalue weighted by Gasteiger charge is 2.23. The van der Waals surface area contributed by atoms with Crippen LogP contribution in [0, 0.1) is 5.82 Å². The van der Waals surface area contributed by atoms with Gasteiger partial charge in [0.2, 0.25) is 0 Å². The number of halogens is 1. The number of carbonyl (C=O) groups is 1. The number of nitrogens with one attached hydrogen (secondary N) is 1. The van der Waals surface area contributed by atoms with Gasteiger partial charge in [-0.15, -0.1) is 0 Å². The average Bonchev–Trinajstić information content (AvgIpc) is 2.51. The Bertz CT molecular complexity index is 778. The van der Waals surface area contributed by atoms with Crippen LogP contribution in [0.25, 0.3) is 0 Å². The van der Waals surface area contributed by atoms with Crippen molar-refractivity contribution in [1.29, 1.82) is 0 Å². The summed E-state index contributed by atoms with van der Waals surface area (Å²) in [5.74, 6) is 0.704. The van der Waals surface area contributed by atoms with Crippen molar-refractivity contribution in [2.24, 2.45) is 0 Å².